The quantitative estimate of drug-likeness (QED) is 0.102. The molecule has 2 radical (unpaired) electrons. The second kappa shape index (κ2) is 31.5. The van der Waals surface area contributed by atoms with E-state index in [9.17, 15) is 0 Å². The van der Waals surface area contributed by atoms with Gasteiger partial charge in [0, 0.05) is 6.42 Å². The second-order valence-electron chi connectivity index (χ2n) is 10.3. The van der Waals surface area contributed by atoms with Crippen molar-refractivity contribution < 1.29 is 0 Å². The molecule has 194 valence electrons. The summed E-state index contributed by atoms with van der Waals surface area (Å²) in [6, 6.07) is 0. The molecule has 0 saturated carbocycles. The lowest BCUT2D eigenvalue weighted by molar-refractivity contribution is 0.545. The normalized spacial score (nSPS) is 11.9. The van der Waals surface area contributed by atoms with Gasteiger partial charge in [0.1, 0.15) is 0 Å². The molecule has 0 aromatic heterocycles. The van der Waals surface area contributed by atoms with Crippen LogP contribution in [0.25, 0.3) is 0 Å². The van der Waals surface area contributed by atoms with E-state index in [0.29, 0.717) is 0 Å². The van der Waals surface area contributed by atoms with Crippen molar-refractivity contribution in [1.82, 2.24) is 0 Å². The molecule has 0 atom stereocenters. The van der Waals surface area contributed by atoms with E-state index in [1.54, 1.807) is 0 Å². The molecule has 0 aliphatic rings. The molecule has 0 aliphatic heterocycles. The van der Waals surface area contributed by atoms with Crippen LogP contribution in [-0.4, -0.2) is 0 Å². The van der Waals surface area contributed by atoms with Crippen LogP contribution < -0.4 is 0 Å². The maximum atomic E-state index is 3.31. The first-order chi connectivity index (χ1) is 16.4. The monoisotopic (exact) mass is 458 g/mol. The number of hydrogen-bond donors (Lipinski definition) is 0. The van der Waals surface area contributed by atoms with E-state index in [-0.39, 0.29) is 0 Å². The summed E-state index contributed by atoms with van der Waals surface area (Å²) >= 11 is 0. The van der Waals surface area contributed by atoms with Crippen LogP contribution in [0.3, 0.4) is 0 Å². The topological polar surface area (TPSA) is 0 Å². The van der Waals surface area contributed by atoms with Gasteiger partial charge >= 0.3 is 0 Å². The zero-order valence-electron chi connectivity index (χ0n) is 23.2. The molecule has 0 heterocycles. The molecule has 0 amide bonds. The van der Waals surface area contributed by atoms with Gasteiger partial charge in [0.2, 0.25) is 0 Å². The van der Waals surface area contributed by atoms with Gasteiger partial charge < -0.3 is 0 Å². The van der Waals surface area contributed by atoms with Crippen LogP contribution in [0.15, 0.2) is 24.3 Å². The summed E-state index contributed by atoms with van der Waals surface area (Å²) in [5.74, 6) is 0. The fraction of sp³-hybridized carbons (Fsp3) is 0.848. The Morgan fingerprint density at radius 3 is 0.848 bits per heavy atom. The third-order valence-corrected chi connectivity index (χ3v) is 6.88. The van der Waals surface area contributed by atoms with Gasteiger partial charge in [0.15, 0.2) is 0 Å². The molecule has 0 bridgehead atoms. The highest BCUT2D eigenvalue weighted by Crippen LogP contribution is 2.14. The summed E-state index contributed by atoms with van der Waals surface area (Å²) in [5.41, 5.74) is 0. The summed E-state index contributed by atoms with van der Waals surface area (Å²) in [4.78, 5) is 0. The van der Waals surface area contributed by atoms with Crippen LogP contribution in [0.5, 0.6) is 0 Å². The lowest BCUT2D eigenvalue weighted by Crippen LogP contribution is -1.82. The second-order valence-corrected chi connectivity index (χ2v) is 10.3. The van der Waals surface area contributed by atoms with Gasteiger partial charge in [-0.25, -0.2) is 0 Å². The van der Waals surface area contributed by atoms with E-state index in [1.807, 2.05) is 0 Å². The molecular weight excluding hydrogens is 396 g/mol. The van der Waals surface area contributed by atoms with Crippen molar-refractivity contribution in [2.75, 3.05) is 0 Å². The Balaban J connectivity index is 3.14. The molecule has 0 aliphatic carbocycles. The lowest BCUT2D eigenvalue weighted by atomic mass is 10.0. The SMILES string of the molecule is CCCCCCCCCCCCCC/C=C\[C]/C=C\CCCCCCCCCCCCCC. The highest BCUT2D eigenvalue weighted by atomic mass is 14.0. The van der Waals surface area contributed by atoms with E-state index in [1.165, 1.54) is 167 Å². The Morgan fingerprint density at radius 1 is 0.333 bits per heavy atom. The molecule has 0 unspecified atom stereocenters. The minimum atomic E-state index is 1.22. The number of rotatable bonds is 28. The molecule has 0 aromatic rings. The van der Waals surface area contributed by atoms with Crippen molar-refractivity contribution in [3.8, 4) is 0 Å². The van der Waals surface area contributed by atoms with Gasteiger partial charge in [-0.15, -0.1) is 0 Å². The summed E-state index contributed by atoms with van der Waals surface area (Å²) in [6.07, 6.45) is 48.9. The van der Waals surface area contributed by atoms with Gasteiger partial charge in [-0.1, -0.05) is 179 Å². The Bertz CT molecular complexity index is 341. The zero-order valence-corrected chi connectivity index (χ0v) is 23.2. The molecule has 0 N–H and O–H groups in total. The fourth-order valence-electron chi connectivity index (χ4n) is 4.56. The first kappa shape index (κ1) is 32.5. The Kier molecular flexibility index (Phi) is 31.0. The fourth-order valence-corrected chi connectivity index (χ4v) is 4.56. The van der Waals surface area contributed by atoms with Crippen molar-refractivity contribution in [3.63, 3.8) is 0 Å². The minimum absolute atomic E-state index is 1.22. The molecule has 0 fully saturated rings. The molecule has 0 aromatic carbocycles. The summed E-state index contributed by atoms with van der Waals surface area (Å²) in [7, 11) is 0. The third-order valence-electron chi connectivity index (χ3n) is 6.88. The van der Waals surface area contributed by atoms with E-state index in [2.05, 4.69) is 44.6 Å². The minimum Gasteiger partial charge on any atom is -0.0876 e. The molecular formula is C33H62. The van der Waals surface area contributed by atoms with Crippen molar-refractivity contribution in [2.24, 2.45) is 0 Å². The van der Waals surface area contributed by atoms with Crippen LogP contribution >= 0.6 is 0 Å². The van der Waals surface area contributed by atoms with Gasteiger partial charge in [-0.3, -0.25) is 0 Å². The first-order valence-corrected chi connectivity index (χ1v) is 15.5. The predicted molar refractivity (Wildman–Crippen MR) is 153 cm³/mol. The Hall–Kier alpha value is -0.520. The van der Waals surface area contributed by atoms with E-state index in [4.69, 9.17) is 0 Å². The van der Waals surface area contributed by atoms with Crippen molar-refractivity contribution in [1.29, 1.82) is 0 Å². The van der Waals surface area contributed by atoms with Gasteiger partial charge in [-0.2, -0.15) is 0 Å². The molecule has 0 spiro atoms. The summed E-state index contributed by atoms with van der Waals surface area (Å²) in [6.45, 7) is 4.59. The van der Waals surface area contributed by atoms with Crippen LogP contribution in [-0.2, 0) is 0 Å². The van der Waals surface area contributed by atoms with E-state index >= 15 is 0 Å². The third kappa shape index (κ3) is 31.5. The van der Waals surface area contributed by atoms with E-state index in [0.717, 1.165) is 0 Å². The number of hydrogen-bond acceptors (Lipinski definition) is 0. The van der Waals surface area contributed by atoms with Crippen LogP contribution in [0, 0.1) is 6.42 Å². The first-order valence-electron chi connectivity index (χ1n) is 15.5. The average Bonchev–Trinajstić information content (AvgIpc) is 2.83. The van der Waals surface area contributed by atoms with E-state index < -0.39 is 0 Å². The molecule has 0 heteroatoms. The Labute approximate surface area is 211 Å². The van der Waals surface area contributed by atoms with Gasteiger partial charge in [0.25, 0.3) is 0 Å². The highest BCUT2D eigenvalue weighted by Gasteiger charge is 1.94. The van der Waals surface area contributed by atoms with Gasteiger partial charge in [0.05, 0.1) is 0 Å². The largest absolute Gasteiger partial charge is 0.0876 e. The number of allylic oxidation sites excluding steroid dienone is 4. The standard InChI is InChI=1S/C33H62/c1-3-5-7-9-11-13-15-17-19-21-23-25-27-29-31-33-32-30-28-26-24-22-20-18-16-14-12-10-8-6-4-2/h29-32H,3-28H2,1-2H3/b31-29-,32-30-. The van der Waals surface area contributed by atoms with Crippen molar-refractivity contribution in [3.05, 3.63) is 30.7 Å². The van der Waals surface area contributed by atoms with Gasteiger partial charge in [-0.05, 0) is 25.7 Å². The zero-order chi connectivity index (χ0) is 23.9. The molecule has 0 saturated heterocycles. The highest BCUT2D eigenvalue weighted by molar-refractivity contribution is 5.08. The average molecular weight is 459 g/mol. The molecule has 33 heavy (non-hydrogen) atoms. The molecule has 0 rings (SSSR count). The maximum absolute atomic E-state index is 3.31. The van der Waals surface area contributed by atoms with Crippen molar-refractivity contribution >= 4 is 0 Å². The number of unbranched alkanes of at least 4 members (excludes halogenated alkanes) is 24. The van der Waals surface area contributed by atoms with Crippen LogP contribution in [0.4, 0.5) is 0 Å². The lowest BCUT2D eigenvalue weighted by Gasteiger charge is -2.02. The van der Waals surface area contributed by atoms with Crippen molar-refractivity contribution in [2.45, 2.75) is 181 Å². The smallest absolute Gasteiger partial charge is 0.0337 e. The predicted octanol–water partition coefficient (Wildman–Crippen LogP) is 12.4. The Morgan fingerprint density at radius 2 is 0.576 bits per heavy atom. The maximum Gasteiger partial charge on any atom is 0.0337 e. The van der Waals surface area contributed by atoms with Crippen LogP contribution in [0.1, 0.15) is 181 Å². The molecule has 0 nitrogen and oxygen atoms in total. The van der Waals surface area contributed by atoms with Crippen LogP contribution in [0.2, 0.25) is 0 Å². The summed E-state index contributed by atoms with van der Waals surface area (Å²) in [5, 5.41) is 0. The summed E-state index contributed by atoms with van der Waals surface area (Å²) < 4.78 is 0.